The molecule has 0 unspecified atom stereocenters. The summed E-state index contributed by atoms with van der Waals surface area (Å²) in [6.07, 6.45) is -0.227. The number of benzene rings is 2. The number of nitrogens with zero attached hydrogens (tertiary/aromatic N) is 5. The van der Waals surface area contributed by atoms with E-state index in [9.17, 15) is 15.0 Å². The molecule has 6 N–H and O–H groups in total. The summed E-state index contributed by atoms with van der Waals surface area (Å²) < 4.78 is 5.84. The first kappa shape index (κ1) is 22.0. The van der Waals surface area contributed by atoms with Gasteiger partial charge in [0.25, 0.3) is 0 Å². The molecule has 2 aromatic carbocycles. The molecule has 33 heavy (non-hydrogen) atoms. The van der Waals surface area contributed by atoms with Gasteiger partial charge in [-0.2, -0.15) is 15.0 Å². The molecule has 0 aliphatic heterocycles. The lowest BCUT2D eigenvalue weighted by Gasteiger charge is -2.26. The standard InChI is InChI=1S/C22H23N7O4/c1-2-33-17-8-7-12-5-3-4-6-13(12)15(17)10-29(11-16(30)20(31)32)22-25-9-14-18(23)26-21(24)27-19(14)28-22/h3-9,16,30H,2,10-11H2,1H3,(H,31,32)(H4,23,24,25,26,27,28)/t16-/m0/s1. The Kier molecular flexibility index (Phi) is 6.05. The van der Waals surface area contributed by atoms with Crippen molar-refractivity contribution in [2.45, 2.75) is 19.6 Å². The third-order valence-corrected chi connectivity index (χ3v) is 5.09. The first-order valence-corrected chi connectivity index (χ1v) is 10.2. The highest BCUT2D eigenvalue weighted by Crippen LogP contribution is 2.31. The molecular formula is C22H23N7O4. The number of ether oxygens (including phenoxy) is 1. The average molecular weight is 449 g/mol. The van der Waals surface area contributed by atoms with Gasteiger partial charge in [0.05, 0.1) is 25.1 Å². The molecule has 0 bridgehead atoms. The number of anilines is 3. The van der Waals surface area contributed by atoms with Crippen LogP contribution in [0.15, 0.2) is 42.6 Å². The summed E-state index contributed by atoms with van der Waals surface area (Å²) in [4.78, 5) is 29.7. The van der Waals surface area contributed by atoms with E-state index in [1.807, 2.05) is 43.3 Å². The minimum Gasteiger partial charge on any atom is -0.494 e. The number of carbonyl (C=O) groups is 1. The van der Waals surface area contributed by atoms with Gasteiger partial charge in [0, 0.05) is 11.8 Å². The van der Waals surface area contributed by atoms with Gasteiger partial charge in [-0.25, -0.2) is 9.78 Å². The predicted molar refractivity (Wildman–Crippen MR) is 124 cm³/mol. The molecule has 0 aliphatic carbocycles. The summed E-state index contributed by atoms with van der Waals surface area (Å²) in [5.74, 6) is -0.485. The lowest BCUT2D eigenvalue weighted by Crippen LogP contribution is -2.37. The molecule has 0 saturated carbocycles. The Hall–Kier alpha value is -4.25. The Morgan fingerprint density at radius 2 is 1.91 bits per heavy atom. The van der Waals surface area contributed by atoms with Crippen LogP contribution < -0.4 is 21.1 Å². The molecular weight excluding hydrogens is 426 g/mol. The molecule has 1 atom stereocenters. The maximum Gasteiger partial charge on any atom is 0.334 e. The zero-order valence-electron chi connectivity index (χ0n) is 17.8. The molecule has 0 fully saturated rings. The minimum absolute atomic E-state index is 0.0468. The van der Waals surface area contributed by atoms with Crippen LogP contribution in [-0.2, 0) is 11.3 Å². The first-order valence-electron chi connectivity index (χ1n) is 10.2. The van der Waals surface area contributed by atoms with E-state index >= 15 is 0 Å². The van der Waals surface area contributed by atoms with Crippen LogP contribution in [0.1, 0.15) is 12.5 Å². The lowest BCUT2D eigenvalue weighted by atomic mass is 10.0. The molecule has 11 nitrogen and oxygen atoms in total. The van der Waals surface area contributed by atoms with E-state index in [2.05, 4.69) is 19.9 Å². The number of aromatic nitrogens is 4. The Morgan fingerprint density at radius 3 is 2.67 bits per heavy atom. The monoisotopic (exact) mass is 449 g/mol. The second-order valence-electron chi connectivity index (χ2n) is 7.31. The van der Waals surface area contributed by atoms with Crippen molar-refractivity contribution in [1.29, 1.82) is 0 Å². The van der Waals surface area contributed by atoms with Gasteiger partial charge in [-0.3, -0.25) is 0 Å². The van der Waals surface area contributed by atoms with Crippen molar-refractivity contribution < 1.29 is 19.7 Å². The Balaban J connectivity index is 1.83. The number of nitrogen functional groups attached to an aromatic ring is 2. The van der Waals surface area contributed by atoms with Crippen molar-refractivity contribution in [2.24, 2.45) is 0 Å². The van der Waals surface area contributed by atoms with E-state index in [1.165, 1.54) is 6.20 Å². The molecule has 0 saturated heterocycles. The van der Waals surface area contributed by atoms with Crippen LogP contribution in [0.2, 0.25) is 0 Å². The number of aliphatic hydroxyl groups is 1. The normalized spacial score (nSPS) is 12.1. The third-order valence-electron chi connectivity index (χ3n) is 5.09. The summed E-state index contributed by atoms with van der Waals surface area (Å²) in [5.41, 5.74) is 12.6. The number of carboxylic acid groups (broad SMARTS) is 1. The van der Waals surface area contributed by atoms with Crippen LogP contribution >= 0.6 is 0 Å². The van der Waals surface area contributed by atoms with Crippen LogP contribution in [0.3, 0.4) is 0 Å². The molecule has 0 aliphatic rings. The highest BCUT2D eigenvalue weighted by molar-refractivity contribution is 5.88. The highest BCUT2D eigenvalue weighted by Gasteiger charge is 2.23. The first-order chi connectivity index (χ1) is 15.9. The molecule has 0 amide bonds. The fourth-order valence-electron chi connectivity index (χ4n) is 3.56. The molecule has 11 heteroatoms. The Labute approximate surface area is 188 Å². The maximum atomic E-state index is 11.4. The molecule has 2 heterocycles. The van der Waals surface area contributed by atoms with Crippen LogP contribution in [-0.4, -0.2) is 55.4 Å². The van der Waals surface area contributed by atoms with Gasteiger partial charge < -0.3 is 31.3 Å². The van der Waals surface area contributed by atoms with E-state index in [-0.39, 0.29) is 36.5 Å². The average Bonchev–Trinajstić information content (AvgIpc) is 2.79. The van der Waals surface area contributed by atoms with Crippen molar-refractivity contribution in [3.8, 4) is 5.75 Å². The fourth-order valence-corrected chi connectivity index (χ4v) is 3.56. The van der Waals surface area contributed by atoms with Crippen molar-refractivity contribution >= 4 is 45.5 Å². The Bertz CT molecular complexity index is 1330. The minimum atomic E-state index is -1.67. The van der Waals surface area contributed by atoms with Crippen LogP contribution in [0, 0.1) is 0 Å². The number of hydrogen-bond acceptors (Lipinski definition) is 10. The fraction of sp³-hybridized carbons (Fsp3) is 0.227. The lowest BCUT2D eigenvalue weighted by molar-refractivity contribution is -0.146. The number of carboxylic acids is 1. The van der Waals surface area contributed by atoms with E-state index in [0.29, 0.717) is 17.7 Å². The topological polar surface area (TPSA) is 174 Å². The molecule has 2 aromatic heterocycles. The van der Waals surface area contributed by atoms with Crippen molar-refractivity contribution in [2.75, 3.05) is 29.5 Å². The largest absolute Gasteiger partial charge is 0.494 e. The predicted octanol–water partition coefficient (Wildman–Crippen LogP) is 1.59. The maximum absolute atomic E-state index is 11.4. The van der Waals surface area contributed by atoms with Gasteiger partial charge in [-0.05, 0) is 23.8 Å². The Morgan fingerprint density at radius 1 is 1.12 bits per heavy atom. The second kappa shape index (κ2) is 9.09. The van der Waals surface area contributed by atoms with Crippen molar-refractivity contribution in [3.63, 3.8) is 0 Å². The number of nitrogens with two attached hydrogens (primary N) is 2. The molecule has 4 aromatic rings. The summed E-state index contributed by atoms with van der Waals surface area (Å²) in [6, 6.07) is 11.6. The molecule has 4 rings (SSSR count). The zero-order valence-corrected chi connectivity index (χ0v) is 17.8. The molecule has 0 radical (unpaired) electrons. The SMILES string of the molecule is CCOc1ccc2ccccc2c1CN(C[C@H](O)C(=O)O)c1ncc2c(N)nc(N)nc2n1. The van der Waals surface area contributed by atoms with Crippen LogP contribution in [0.5, 0.6) is 5.75 Å². The van der Waals surface area contributed by atoms with E-state index in [4.69, 9.17) is 16.2 Å². The second-order valence-corrected chi connectivity index (χ2v) is 7.31. The summed E-state index contributed by atoms with van der Waals surface area (Å²) in [7, 11) is 0. The van der Waals surface area contributed by atoms with Gasteiger partial charge in [-0.1, -0.05) is 30.3 Å². The van der Waals surface area contributed by atoms with Gasteiger partial charge in [0.2, 0.25) is 11.9 Å². The summed E-state index contributed by atoms with van der Waals surface area (Å²) in [6.45, 7) is 2.23. The number of rotatable bonds is 8. The van der Waals surface area contributed by atoms with E-state index in [0.717, 1.165) is 16.3 Å². The summed E-state index contributed by atoms with van der Waals surface area (Å²) >= 11 is 0. The summed E-state index contributed by atoms with van der Waals surface area (Å²) in [5, 5.41) is 21.8. The number of aliphatic hydroxyl groups excluding tert-OH is 1. The number of fused-ring (bicyclic) bond motifs is 2. The number of aliphatic carboxylic acids is 1. The quantitative estimate of drug-likeness (QED) is 0.307. The van der Waals surface area contributed by atoms with Crippen molar-refractivity contribution in [3.05, 3.63) is 48.2 Å². The van der Waals surface area contributed by atoms with Crippen LogP contribution in [0.4, 0.5) is 17.7 Å². The third kappa shape index (κ3) is 4.53. The van der Waals surface area contributed by atoms with E-state index < -0.39 is 12.1 Å². The smallest absolute Gasteiger partial charge is 0.334 e. The van der Waals surface area contributed by atoms with Gasteiger partial charge in [0.15, 0.2) is 11.8 Å². The zero-order chi connectivity index (χ0) is 23.5. The highest BCUT2D eigenvalue weighted by atomic mass is 16.5. The molecule has 0 spiro atoms. The van der Waals surface area contributed by atoms with Crippen molar-refractivity contribution in [1.82, 2.24) is 19.9 Å². The molecule has 170 valence electrons. The number of hydrogen-bond donors (Lipinski definition) is 4. The van der Waals surface area contributed by atoms with Gasteiger partial charge in [0.1, 0.15) is 11.6 Å². The van der Waals surface area contributed by atoms with Gasteiger partial charge in [-0.15, -0.1) is 0 Å². The van der Waals surface area contributed by atoms with Gasteiger partial charge >= 0.3 is 5.97 Å². The van der Waals surface area contributed by atoms with Crippen LogP contribution in [0.25, 0.3) is 21.8 Å². The van der Waals surface area contributed by atoms with E-state index in [1.54, 1.807) is 4.90 Å².